The SMILES string of the molecule is OC1CN2CCNCC2C1O. The van der Waals surface area contributed by atoms with Crippen LogP contribution in [0.1, 0.15) is 0 Å². The van der Waals surface area contributed by atoms with Gasteiger partial charge in [0, 0.05) is 26.2 Å². The number of aliphatic hydroxyl groups excluding tert-OH is 2. The van der Waals surface area contributed by atoms with Crippen LogP contribution in [-0.2, 0) is 0 Å². The van der Waals surface area contributed by atoms with Gasteiger partial charge in [-0.15, -0.1) is 0 Å². The van der Waals surface area contributed by atoms with Crippen molar-refractivity contribution in [2.75, 3.05) is 26.2 Å². The van der Waals surface area contributed by atoms with Crippen molar-refractivity contribution >= 4 is 0 Å². The van der Waals surface area contributed by atoms with Crippen molar-refractivity contribution in [3.8, 4) is 0 Å². The Hall–Kier alpha value is -0.160. The largest absolute Gasteiger partial charge is 0.389 e. The summed E-state index contributed by atoms with van der Waals surface area (Å²) in [6.07, 6.45) is -1.09. The topological polar surface area (TPSA) is 55.7 Å². The minimum atomic E-state index is -0.553. The third kappa shape index (κ3) is 1.16. The predicted molar refractivity (Wildman–Crippen MR) is 40.2 cm³/mol. The highest BCUT2D eigenvalue weighted by molar-refractivity contribution is 4.96. The highest BCUT2D eigenvalue weighted by atomic mass is 16.3. The number of fused-ring (bicyclic) bond motifs is 1. The highest BCUT2D eigenvalue weighted by Crippen LogP contribution is 2.19. The zero-order valence-electron chi connectivity index (χ0n) is 6.40. The van der Waals surface area contributed by atoms with Crippen LogP contribution < -0.4 is 5.32 Å². The van der Waals surface area contributed by atoms with Gasteiger partial charge in [-0.25, -0.2) is 0 Å². The Balaban J connectivity index is 2.05. The third-order valence-electron chi connectivity index (χ3n) is 2.61. The van der Waals surface area contributed by atoms with Crippen molar-refractivity contribution in [2.45, 2.75) is 18.2 Å². The second-order valence-corrected chi connectivity index (χ2v) is 3.32. The Bertz CT molecular complexity index is 153. The molecular weight excluding hydrogens is 144 g/mol. The van der Waals surface area contributed by atoms with Crippen LogP contribution in [0.15, 0.2) is 0 Å². The van der Waals surface area contributed by atoms with Gasteiger partial charge in [0.25, 0.3) is 0 Å². The fourth-order valence-corrected chi connectivity index (χ4v) is 1.94. The Kier molecular flexibility index (Phi) is 1.85. The van der Waals surface area contributed by atoms with E-state index in [2.05, 4.69) is 10.2 Å². The quantitative estimate of drug-likeness (QED) is 0.381. The molecule has 2 rings (SSSR count). The van der Waals surface area contributed by atoms with Gasteiger partial charge in [0.15, 0.2) is 0 Å². The van der Waals surface area contributed by atoms with Crippen LogP contribution in [0.25, 0.3) is 0 Å². The van der Waals surface area contributed by atoms with Crippen LogP contribution in [0.3, 0.4) is 0 Å². The first-order valence-corrected chi connectivity index (χ1v) is 4.10. The first-order valence-electron chi connectivity index (χ1n) is 4.10. The monoisotopic (exact) mass is 158 g/mol. The molecule has 0 saturated carbocycles. The summed E-state index contributed by atoms with van der Waals surface area (Å²) in [5.41, 5.74) is 0. The van der Waals surface area contributed by atoms with Crippen LogP contribution in [0, 0.1) is 0 Å². The number of aliphatic hydroxyl groups is 2. The maximum Gasteiger partial charge on any atom is 0.0978 e. The van der Waals surface area contributed by atoms with Crippen molar-refractivity contribution in [1.29, 1.82) is 0 Å². The van der Waals surface area contributed by atoms with Crippen molar-refractivity contribution in [2.24, 2.45) is 0 Å². The molecule has 2 fully saturated rings. The number of nitrogens with one attached hydrogen (secondary N) is 1. The third-order valence-corrected chi connectivity index (χ3v) is 2.61. The van der Waals surface area contributed by atoms with Crippen LogP contribution in [0.5, 0.6) is 0 Å². The summed E-state index contributed by atoms with van der Waals surface area (Å²) in [4.78, 5) is 2.14. The molecule has 0 spiro atoms. The molecule has 4 nitrogen and oxygen atoms in total. The fraction of sp³-hybridized carbons (Fsp3) is 1.00. The van der Waals surface area contributed by atoms with E-state index < -0.39 is 12.2 Å². The summed E-state index contributed by atoms with van der Waals surface area (Å²) < 4.78 is 0. The lowest BCUT2D eigenvalue weighted by atomic mass is 10.1. The number of hydrogen-bond donors (Lipinski definition) is 3. The minimum Gasteiger partial charge on any atom is -0.389 e. The van der Waals surface area contributed by atoms with E-state index in [-0.39, 0.29) is 6.04 Å². The van der Waals surface area contributed by atoms with Gasteiger partial charge in [-0.05, 0) is 0 Å². The van der Waals surface area contributed by atoms with E-state index in [1.165, 1.54) is 0 Å². The van der Waals surface area contributed by atoms with Crippen LogP contribution in [0.2, 0.25) is 0 Å². The molecule has 0 bridgehead atoms. The molecule has 0 aromatic carbocycles. The van der Waals surface area contributed by atoms with Gasteiger partial charge >= 0.3 is 0 Å². The molecule has 0 amide bonds. The van der Waals surface area contributed by atoms with E-state index in [4.69, 9.17) is 0 Å². The molecule has 64 valence electrons. The van der Waals surface area contributed by atoms with Crippen molar-refractivity contribution in [1.82, 2.24) is 10.2 Å². The van der Waals surface area contributed by atoms with Gasteiger partial charge in [-0.1, -0.05) is 0 Å². The second kappa shape index (κ2) is 2.71. The van der Waals surface area contributed by atoms with E-state index >= 15 is 0 Å². The van der Waals surface area contributed by atoms with Crippen molar-refractivity contribution in [3.63, 3.8) is 0 Å². The standard InChI is InChI=1S/C7H14N2O2/c10-6-4-9-2-1-8-3-5(9)7(6)11/h5-8,10-11H,1-4H2. The molecule has 2 heterocycles. The first-order chi connectivity index (χ1) is 5.29. The lowest BCUT2D eigenvalue weighted by molar-refractivity contribution is 0.0351. The molecule has 2 saturated heterocycles. The van der Waals surface area contributed by atoms with Gasteiger partial charge in [0.1, 0.15) is 0 Å². The number of rotatable bonds is 0. The smallest absolute Gasteiger partial charge is 0.0978 e. The second-order valence-electron chi connectivity index (χ2n) is 3.32. The van der Waals surface area contributed by atoms with E-state index in [1.54, 1.807) is 0 Å². The van der Waals surface area contributed by atoms with Crippen molar-refractivity contribution in [3.05, 3.63) is 0 Å². The summed E-state index contributed by atoms with van der Waals surface area (Å²) in [6.45, 7) is 3.35. The molecule has 2 aliphatic heterocycles. The van der Waals surface area contributed by atoms with E-state index in [0.29, 0.717) is 6.54 Å². The average Bonchev–Trinajstić information content (AvgIpc) is 2.30. The maximum absolute atomic E-state index is 9.46. The Labute approximate surface area is 65.8 Å². The lowest BCUT2D eigenvalue weighted by Crippen LogP contribution is -2.51. The normalized spacial score (nSPS) is 45.8. The summed E-state index contributed by atoms with van der Waals surface area (Å²) in [6, 6.07) is 0.138. The molecule has 0 radical (unpaired) electrons. The molecule has 3 unspecified atom stereocenters. The molecule has 11 heavy (non-hydrogen) atoms. The van der Waals surface area contributed by atoms with Crippen LogP contribution in [0.4, 0.5) is 0 Å². The molecule has 0 aromatic rings. The van der Waals surface area contributed by atoms with E-state index in [9.17, 15) is 10.2 Å². The van der Waals surface area contributed by atoms with Gasteiger partial charge < -0.3 is 15.5 Å². The molecule has 3 atom stereocenters. The highest BCUT2D eigenvalue weighted by Gasteiger charge is 2.40. The van der Waals surface area contributed by atoms with Crippen LogP contribution >= 0.6 is 0 Å². The molecule has 2 aliphatic rings. The molecular formula is C7H14N2O2. The fourth-order valence-electron chi connectivity index (χ4n) is 1.94. The Morgan fingerprint density at radius 3 is 2.91 bits per heavy atom. The minimum absolute atomic E-state index is 0.138. The van der Waals surface area contributed by atoms with Gasteiger partial charge in [-0.3, -0.25) is 4.90 Å². The van der Waals surface area contributed by atoms with Gasteiger partial charge in [0.05, 0.1) is 18.2 Å². The summed E-state index contributed by atoms with van der Waals surface area (Å²) >= 11 is 0. The Morgan fingerprint density at radius 1 is 1.36 bits per heavy atom. The zero-order valence-corrected chi connectivity index (χ0v) is 6.40. The molecule has 4 heteroatoms. The molecule has 3 N–H and O–H groups in total. The average molecular weight is 158 g/mol. The summed E-state index contributed by atoms with van der Waals surface area (Å²) in [7, 11) is 0. The number of hydrogen-bond acceptors (Lipinski definition) is 4. The number of piperazine rings is 1. The first kappa shape index (κ1) is 7.49. The predicted octanol–water partition coefficient (Wildman–Crippen LogP) is -2.00. The summed E-state index contributed by atoms with van der Waals surface area (Å²) in [5.74, 6) is 0. The van der Waals surface area contributed by atoms with Gasteiger partial charge in [0.2, 0.25) is 0 Å². The lowest BCUT2D eigenvalue weighted by Gasteiger charge is -2.30. The van der Waals surface area contributed by atoms with E-state index in [1.807, 2.05) is 0 Å². The van der Waals surface area contributed by atoms with Gasteiger partial charge in [-0.2, -0.15) is 0 Å². The van der Waals surface area contributed by atoms with E-state index in [0.717, 1.165) is 19.6 Å². The summed E-state index contributed by atoms with van der Waals surface area (Å²) in [5, 5.41) is 22.0. The van der Waals surface area contributed by atoms with Crippen LogP contribution in [-0.4, -0.2) is 59.5 Å². The maximum atomic E-state index is 9.46. The molecule has 0 aliphatic carbocycles. The Morgan fingerprint density at radius 2 is 2.18 bits per heavy atom. The zero-order chi connectivity index (χ0) is 7.84. The van der Waals surface area contributed by atoms with Crippen molar-refractivity contribution < 1.29 is 10.2 Å². The number of nitrogens with zero attached hydrogens (tertiary/aromatic N) is 1. The molecule has 0 aromatic heterocycles.